The first kappa shape index (κ1) is 15.0. The molecule has 0 aliphatic rings. The van der Waals surface area contributed by atoms with Crippen molar-refractivity contribution in [1.82, 2.24) is 10.3 Å². The van der Waals surface area contributed by atoms with Gasteiger partial charge in [0, 0.05) is 25.1 Å². The van der Waals surface area contributed by atoms with Crippen molar-refractivity contribution in [2.75, 3.05) is 26.7 Å². The predicted octanol–water partition coefficient (Wildman–Crippen LogP) is 0.514. The molecule has 0 spiro atoms. The quantitative estimate of drug-likeness (QED) is 0.424. The number of nitrogens with two attached hydrogens (primary N) is 1. The Hall–Kier alpha value is -2.10. The lowest BCUT2D eigenvalue weighted by atomic mass is 10.2. The molecule has 0 aromatic heterocycles. The highest BCUT2D eigenvalue weighted by molar-refractivity contribution is 5.94. The fourth-order valence-electron chi connectivity index (χ4n) is 1.48. The average Bonchev–Trinajstić information content (AvgIpc) is 2.44. The molecular weight excluding hydrogens is 244 g/mol. The average molecular weight is 262 g/mol. The zero-order chi connectivity index (χ0) is 14.1. The van der Waals surface area contributed by atoms with E-state index in [-0.39, 0.29) is 5.91 Å². The molecule has 102 valence electrons. The molecule has 6 nitrogen and oxygen atoms in total. The number of carbonyl (C=O) groups is 1. The standard InChI is InChI=1S/C13H18N4O2/c1-17(7-3-6-14)8-9-19-12-5-2-4-11(10-12)13(18)16-15/h2,4-5,10H,3,7-9,15H2,1H3,(H,16,18). The molecule has 0 saturated heterocycles. The van der Waals surface area contributed by atoms with Gasteiger partial charge in [0.2, 0.25) is 0 Å². The van der Waals surface area contributed by atoms with Crippen molar-refractivity contribution in [3.8, 4) is 11.8 Å². The molecule has 1 aromatic rings. The van der Waals surface area contributed by atoms with Gasteiger partial charge in [0.25, 0.3) is 5.91 Å². The largest absolute Gasteiger partial charge is 0.492 e. The van der Waals surface area contributed by atoms with Crippen LogP contribution >= 0.6 is 0 Å². The Labute approximate surface area is 112 Å². The highest BCUT2D eigenvalue weighted by Crippen LogP contribution is 2.13. The van der Waals surface area contributed by atoms with Gasteiger partial charge in [-0.05, 0) is 25.2 Å². The van der Waals surface area contributed by atoms with Crippen molar-refractivity contribution in [3.05, 3.63) is 29.8 Å². The van der Waals surface area contributed by atoms with Crippen LogP contribution in [-0.2, 0) is 0 Å². The first-order valence-electron chi connectivity index (χ1n) is 5.96. The molecule has 19 heavy (non-hydrogen) atoms. The van der Waals surface area contributed by atoms with Crippen LogP contribution in [0.1, 0.15) is 16.8 Å². The van der Waals surface area contributed by atoms with E-state index < -0.39 is 0 Å². The number of nitriles is 1. The molecule has 0 heterocycles. The number of rotatable bonds is 7. The molecule has 0 bridgehead atoms. The highest BCUT2D eigenvalue weighted by atomic mass is 16.5. The number of ether oxygens (including phenoxy) is 1. The van der Waals surface area contributed by atoms with Crippen LogP contribution in [0.15, 0.2) is 24.3 Å². The van der Waals surface area contributed by atoms with E-state index >= 15 is 0 Å². The minimum absolute atomic E-state index is 0.350. The Morgan fingerprint density at radius 2 is 2.32 bits per heavy atom. The first-order valence-corrected chi connectivity index (χ1v) is 5.96. The summed E-state index contributed by atoms with van der Waals surface area (Å²) in [6.07, 6.45) is 0.503. The zero-order valence-electron chi connectivity index (χ0n) is 10.9. The molecule has 0 aliphatic carbocycles. The monoisotopic (exact) mass is 262 g/mol. The summed E-state index contributed by atoms with van der Waals surface area (Å²) in [5, 5.41) is 8.47. The summed E-state index contributed by atoms with van der Waals surface area (Å²) in [4.78, 5) is 13.3. The van der Waals surface area contributed by atoms with Crippen molar-refractivity contribution in [1.29, 1.82) is 5.26 Å². The topological polar surface area (TPSA) is 91.4 Å². The minimum Gasteiger partial charge on any atom is -0.492 e. The number of hydrogen-bond acceptors (Lipinski definition) is 5. The molecule has 1 amide bonds. The molecule has 0 unspecified atom stereocenters. The molecule has 1 aromatic carbocycles. The fraction of sp³-hybridized carbons (Fsp3) is 0.385. The Kier molecular flexibility index (Phi) is 6.36. The lowest BCUT2D eigenvalue weighted by molar-refractivity contribution is 0.0953. The number of nitrogens with one attached hydrogen (secondary N) is 1. The maximum Gasteiger partial charge on any atom is 0.265 e. The third kappa shape index (κ3) is 5.38. The minimum atomic E-state index is -0.350. The molecule has 0 radical (unpaired) electrons. The van der Waals surface area contributed by atoms with E-state index in [9.17, 15) is 4.79 Å². The number of likely N-dealkylation sites (N-methyl/N-ethyl adjacent to an activating group) is 1. The number of carbonyl (C=O) groups excluding carboxylic acids is 1. The van der Waals surface area contributed by atoms with Gasteiger partial charge in [-0.15, -0.1) is 0 Å². The van der Waals surface area contributed by atoms with Crippen molar-refractivity contribution < 1.29 is 9.53 Å². The Morgan fingerprint density at radius 3 is 3.00 bits per heavy atom. The SMILES string of the molecule is CN(CCC#N)CCOc1cccc(C(=O)NN)c1. The third-order valence-electron chi connectivity index (χ3n) is 2.57. The van der Waals surface area contributed by atoms with Gasteiger partial charge in [-0.25, -0.2) is 5.84 Å². The number of nitrogens with zero attached hydrogens (tertiary/aromatic N) is 2. The zero-order valence-corrected chi connectivity index (χ0v) is 10.9. The van der Waals surface area contributed by atoms with Gasteiger partial charge in [-0.3, -0.25) is 10.2 Å². The number of benzene rings is 1. The van der Waals surface area contributed by atoms with Crippen LogP contribution in [0.2, 0.25) is 0 Å². The second-order valence-corrected chi connectivity index (χ2v) is 4.06. The van der Waals surface area contributed by atoms with Gasteiger partial charge in [-0.1, -0.05) is 6.07 Å². The Bertz CT molecular complexity index is 456. The van der Waals surface area contributed by atoms with Crippen molar-refractivity contribution in [3.63, 3.8) is 0 Å². The highest BCUT2D eigenvalue weighted by Gasteiger charge is 2.05. The van der Waals surface area contributed by atoms with E-state index in [1.165, 1.54) is 0 Å². The van der Waals surface area contributed by atoms with E-state index in [0.29, 0.717) is 24.3 Å². The van der Waals surface area contributed by atoms with E-state index in [1.807, 2.05) is 11.9 Å². The van der Waals surface area contributed by atoms with Crippen LogP contribution in [0.25, 0.3) is 0 Å². The lowest BCUT2D eigenvalue weighted by Crippen LogP contribution is -2.30. The van der Waals surface area contributed by atoms with Crippen LogP contribution < -0.4 is 16.0 Å². The van der Waals surface area contributed by atoms with E-state index in [2.05, 4.69) is 11.5 Å². The summed E-state index contributed by atoms with van der Waals surface area (Å²) in [5.74, 6) is 5.34. The third-order valence-corrected chi connectivity index (χ3v) is 2.57. The van der Waals surface area contributed by atoms with Crippen molar-refractivity contribution in [2.45, 2.75) is 6.42 Å². The number of nitrogen functional groups attached to an aromatic ring is 1. The van der Waals surface area contributed by atoms with E-state index in [1.54, 1.807) is 24.3 Å². The molecule has 0 aliphatic heterocycles. The summed E-state index contributed by atoms with van der Waals surface area (Å²) in [5.41, 5.74) is 2.53. The van der Waals surface area contributed by atoms with E-state index in [0.717, 1.165) is 13.1 Å². The van der Waals surface area contributed by atoms with Gasteiger partial charge in [0.1, 0.15) is 12.4 Å². The smallest absolute Gasteiger partial charge is 0.265 e. The van der Waals surface area contributed by atoms with Crippen LogP contribution in [0.3, 0.4) is 0 Å². The normalized spacial score (nSPS) is 10.0. The summed E-state index contributed by atoms with van der Waals surface area (Å²) < 4.78 is 5.55. The Morgan fingerprint density at radius 1 is 1.53 bits per heavy atom. The van der Waals surface area contributed by atoms with Gasteiger partial charge in [0.05, 0.1) is 6.07 Å². The van der Waals surface area contributed by atoms with Crippen LogP contribution in [-0.4, -0.2) is 37.6 Å². The van der Waals surface area contributed by atoms with Crippen LogP contribution in [0.5, 0.6) is 5.75 Å². The second kappa shape index (κ2) is 8.08. The van der Waals surface area contributed by atoms with Gasteiger partial charge >= 0.3 is 0 Å². The number of hydrogen-bond donors (Lipinski definition) is 2. The maximum absolute atomic E-state index is 11.3. The Balaban J connectivity index is 2.41. The van der Waals surface area contributed by atoms with Crippen molar-refractivity contribution in [2.24, 2.45) is 5.84 Å². The molecule has 0 atom stereocenters. The van der Waals surface area contributed by atoms with Crippen molar-refractivity contribution >= 4 is 5.91 Å². The second-order valence-electron chi connectivity index (χ2n) is 4.06. The molecule has 0 saturated carbocycles. The molecule has 0 fully saturated rings. The number of amides is 1. The fourth-order valence-corrected chi connectivity index (χ4v) is 1.48. The van der Waals surface area contributed by atoms with Gasteiger partial charge < -0.3 is 9.64 Å². The summed E-state index contributed by atoms with van der Waals surface area (Å²) >= 11 is 0. The van der Waals surface area contributed by atoms with Gasteiger partial charge in [0.15, 0.2) is 0 Å². The molecule has 6 heteroatoms. The van der Waals surface area contributed by atoms with Gasteiger partial charge in [-0.2, -0.15) is 5.26 Å². The first-order chi connectivity index (χ1) is 9.17. The maximum atomic E-state index is 11.3. The molecule has 1 rings (SSSR count). The number of hydrazine groups is 1. The summed E-state index contributed by atoms with van der Waals surface area (Å²) in [6, 6.07) is 8.91. The molecule has 3 N–H and O–H groups in total. The predicted molar refractivity (Wildman–Crippen MR) is 71.3 cm³/mol. The van der Waals surface area contributed by atoms with Crippen LogP contribution in [0.4, 0.5) is 0 Å². The summed E-state index contributed by atoms with van der Waals surface area (Å²) in [6.45, 7) is 1.93. The lowest BCUT2D eigenvalue weighted by Gasteiger charge is -2.15. The van der Waals surface area contributed by atoms with E-state index in [4.69, 9.17) is 15.8 Å². The molecular formula is C13H18N4O2. The van der Waals surface area contributed by atoms with Crippen LogP contribution in [0, 0.1) is 11.3 Å². The summed E-state index contributed by atoms with van der Waals surface area (Å²) in [7, 11) is 1.93.